The van der Waals surface area contributed by atoms with E-state index in [0.29, 0.717) is 16.7 Å². The van der Waals surface area contributed by atoms with Gasteiger partial charge in [-0.15, -0.1) is 0 Å². The maximum atomic E-state index is 13.1. The molecule has 1 unspecified atom stereocenters. The molecule has 4 aromatic carbocycles. The van der Waals surface area contributed by atoms with Crippen LogP contribution in [0.3, 0.4) is 0 Å². The average Bonchev–Trinajstić information content (AvgIpc) is 3.24. The molecule has 1 heterocycles. The van der Waals surface area contributed by atoms with Gasteiger partial charge in [0.1, 0.15) is 5.75 Å². The van der Waals surface area contributed by atoms with Crippen molar-refractivity contribution in [3.63, 3.8) is 0 Å². The molecule has 0 spiro atoms. The van der Waals surface area contributed by atoms with Gasteiger partial charge in [-0.05, 0) is 68.4 Å². The van der Waals surface area contributed by atoms with Gasteiger partial charge in [-0.25, -0.2) is 4.79 Å². The number of aromatic hydroxyl groups is 1. The smallest absolute Gasteiger partial charge is 0.340 e. The van der Waals surface area contributed by atoms with Crippen molar-refractivity contribution in [1.29, 1.82) is 0 Å². The Morgan fingerprint density at radius 2 is 1.46 bits per heavy atom. The summed E-state index contributed by atoms with van der Waals surface area (Å²) in [6, 6.07) is 27.9. The molecule has 0 radical (unpaired) electrons. The Balaban J connectivity index is 1.53. The Bertz CT molecular complexity index is 1510. The summed E-state index contributed by atoms with van der Waals surface area (Å²) < 4.78 is 6.16. The van der Waals surface area contributed by atoms with Gasteiger partial charge < -0.3 is 25.4 Å². The minimum absolute atomic E-state index is 0.0605. The Labute approximate surface area is 228 Å². The maximum absolute atomic E-state index is 13.1. The lowest BCUT2D eigenvalue weighted by Gasteiger charge is -2.32. The number of benzene rings is 4. The lowest BCUT2D eigenvalue weighted by atomic mass is 9.79. The highest BCUT2D eigenvalue weighted by atomic mass is 16.6. The molecule has 7 nitrogen and oxygen atoms in total. The van der Waals surface area contributed by atoms with Gasteiger partial charge in [-0.3, -0.25) is 4.79 Å². The van der Waals surface area contributed by atoms with Gasteiger partial charge >= 0.3 is 5.97 Å². The molecule has 0 bridgehead atoms. The molecule has 5 rings (SSSR count). The number of cyclic esters (lactones) is 1. The quantitative estimate of drug-likeness (QED) is 0.232. The van der Waals surface area contributed by atoms with Gasteiger partial charge in [0.2, 0.25) is 5.91 Å². The highest BCUT2D eigenvalue weighted by Gasteiger charge is 2.49. The minimum atomic E-state index is -1.29. The fraction of sp³-hybridized carbons (Fsp3) is 0.188. The van der Waals surface area contributed by atoms with Crippen molar-refractivity contribution in [3.05, 3.63) is 113 Å². The lowest BCUT2D eigenvalue weighted by Crippen LogP contribution is -2.30. The van der Waals surface area contributed by atoms with E-state index in [2.05, 4.69) is 29.4 Å². The number of nitrogens with one attached hydrogen (secondary N) is 2. The summed E-state index contributed by atoms with van der Waals surface area (Å²) in [7, 11) is 0. The van der Waals surface area contributed by atoms with E-state index in [1.54, 1.807) is 12.1 Å². The first-order valence-corrected chi connectivity index (χ1v) is 13.0. The summed E-state index contributed by atoms with van der Waals surface area (Å²) in [6.07, 6.45) is 0. The third-order valence-electron chi connectivity index (χ3n) is 7.05. The zero-order valence-corrected chi connectivity index (χ0v) is 22.2. The Morgan fingerprint density at radius 3 is 2.08 bits per heavy atom. The molecule has 0 aromatic heterocycles. The molecule has 0 saturated heterocycles. The molecular weight excluding hydrogens is 490 g/mol. The number of ether oxygens (including phenoxy) is 1. The van der Waals surface area contributed by atoms with Crippen LogP contribution >= 0.6 is 0 Å². The van der Waals surface area contributed by atoms with E-state index >= 15 is 0 Å². The topological polar surface area (TPSA) is 90.9 Å². The molecule has 7 heteroatoms. The Kier molecular flexibility index (Phi) is 6.98. The average molecular weight is 522 g/mol. The van der Waals surface area contributed by atoms with Gasteiger partial charge in [-0.2, -0.15) is 0 Å². The van der Waals surface area contributed by atoms with Crippen molar-refractivity contribution in [2.75, 3.05) is 28.6 Å². The first-order valence-electron chi connectivity index (χ1n) is 13.0. The van der Waals surface area contributed by atoms with E-state index in [1.165, 1.54) is 6.92 Å². The van der Waals surface area contributed by atoms with E-state index in [-0.39, 0.29) is 11.7 Å². The molecule has 1 atom stereocenters. The van der Waals surface area contributed by atoms with Gasteiger partial charge in [0.05, 0.1) is 5.56 Å². The van der Waals surface area contributed by atoms with Crippen molar-refractivity contribution in [1.82, 2.24) is 0 Å². The lowest BCUT2D eigenvalue weighted by molar-refractivity contribution is -0.114. The van der Waals surface area contributed by atoms with Crippen molar-refractivity contribution < 1.29 is 19.4 Å². The van der Waals surface area contributed by atoms with Crippen LogP contribution in [0.2, 0.25) is 0 Å². The number of carbonyl (C=O) groups excluding carboxylic acids is 2. The summed E-state index contributed by atoms with van der Waals surface area (Å²) in [4.78, 5) is 26.5. The van der Waals surface area contributed by atoms with Crippen LogP contribution in [0.25, 0.3) is 0 Å². The van der Waals surface area contributed by atoms with Crippen molar-refractivity contribution >= 4 is 34.6 Å². The molecule has 1 aliphatic rings. The number of hydrogen-bond donors (Lipinski definition) is 3. The third-order valence-corrected chi connectivity index (χ3v) is 7.05. The molecule has 198 valence electrons. The summed E-state index contributed by atoms with van der Waals surface area (Å²) in [6.45, 7) is 7.22. The molecule has 0 saturated carbocycles. The van der Waals surface area contributed by atoms with Crippen LogP contribution < -0.4 is 15.5 Å². The van der Waals surface area contributed by atoms with E-state index in [0.717, 1.165) is 41.4 Å². The monoisotopic (exact) mass is 521 g/mol. The largest absolute Gasteiger partial charge is 0.507 e. The van der Waals surface area contributed by atoms with Crippen LogP contribution in [0.1, 0.15) is 47.8 Å². The SMILES string of the molecule is CCN(CC)c1ccc(C2(c3ccc(Nc4ccc(NC(C)=O)cc4)cc3)OC(=O)c3ccccc32)c(O)c1. The second kappa shape index (κ2) is 10.5. The van der Waals surface area contributed by atoms with Crippen molar-refractivity contribution in [2.45, 2.75) is 26.4 Å². The summed E-state index contributed by atoms with van der Waals surface area (Å²) >= 11 is 0. The van der Waals surface area contributed by atoms with Gasteiger partial charge in [0.15, 0.2) is 5.60 Å². The van der Waals surface area contributed by atoms with E-state index < -0.39 is 11.6 Å². The standard InChI is InChI=1S/C32H31N3O4/c1-4-35(5-2)26-18-19-29(30(37)20-26)32(28-9-7-6-8-27(28)31(38)39-32)22-10-12-24(13-11-22)34-25-16-14-23(15-17-25)33-21(3)36/h6-20,34,37H,4-5H2,1-3H3,(H,33,36). The van der Waals surface area contributed by atoms with E-state index in [9.17, 15) is 14.7 Å². The predicted molar refractivity (Wildman–Crippen MR) is 154 cm³/mol. The Hall–Kier alpha value is -4.78. The first kappa shape index (κ1) is 25.9. The summed E-state index contributed by atoms with van der Waals surface area (Å²) in [5, 5.41) is 17.4. The molecule has 0 aliphatic carbocycles. The van der Waals surface area contributed by atoms with Gasteiger partial charge in [0, 0.05) is 65.5 Å². The summed E-state index contributed by atoms with van der Waals surface area (Å²) in [5.41, 5.74) is 4.41. The molecule has 1 aliphatic heterocycles. The van der Waals surface area contributed by atoms with Gasteiger partial charge in [-0.1, -0.05) is 30.3 Å². The molecular formula is C32H31N3O4. The van der Waals surface area contributed by atoms with Crippen LogP contribution in [0.4, 0.5) is 22.7 Å². The predicted octanol–water partition coefficient (Wildman–Crippen LogP) is 6.40. The number of fused-ring (bicyclic) bond motifs is 1. The Morgan fingerprint density at radius 1 is 0.846 bits per heavy atom. The number of amides is 1. The summed E-state index contributed by atoms with van der Waals surface area (Å²) in [5.74, 6) is -0.493. The highest BCUT2D eigenvalue weighted by Crippen LogP contribution is 2.50. The number of rotatable bonds is 8. The van der Waals surface area contributed by atoms with Crippen LogP contribution in [-0.2, 0) is 15.1 Å². The van der Waals surface area contributed by atoms with Crippen LogP contribution in [-0.4, -0.2) is 30.1 Å². The number of anilines is 4. The number of phenols is 1. The highest BCUT2D eigenvalue weighted by molar-refractivity contribution is 5.96. The minimum Gasteiger partial charge on any atom is -0.507 e. The second-order valence-corrected chi connectivity index (χ2v) is 9.45. The number of phenolic OH excluding ortho intramolecular Hbond substituents is 1. The fourth-order valence-corrected chi connectivity index (χ4v) is 5.19. The van der Waals surface area contributed by atoms with Crippen molar-refractivity contribution in [2.24, 2.45) is 0 Å². The normalized spacial score (nSPS) is 15.8. The van der Waals surface area contributed by atoms with E-state index in [1.807, 2.05) is 78.9 Å². The molecule has 4 aromatic rings. The van der Waals surface area contributed by atoms with Gasteiger partial charge in [0.25, 0.3) is 0 Å². The molecule has 0 fully saturated rings. The first-order chi connectivity index (χ1) is 18.8. The van der Waals surface area contributed by atoms with E-state index in [4.69, 9.17) is 4.74 Å². The van der Waals surface area contributed by atoms with Crippen LogP contribution in [0.5, 0.6) is 5.75 Å². The van der Waals surface area contributed by atoms with Crippen molar-refractivity contribution in [3.8, 4) is 5.75 Å². The zero-order valence-electron chi connectivity index (χ0n) is 22.2. The maximum Gasteiger partial charge on any atom is 0.340 e. The number of nitrogens with zero attached hydrogens (tertiary/aromatic N) is 1. The molecule has 39 heavy (non-hydrogen) atoms. The van der Waals surface area contributed by atoms with Crippen LogP contribution in [0.15, 0.2) is 91.0 Å². The third kappa shape index (κ3) is 4.79. The zero-order chi connectivity index (χ0) is 27.6. The van der Waals surface area contributed by atoms with Crippen LogP contribution in [0, 0.1) is 0 Å². The molecule has 3 N–H and O–H groups in total. The fourth-order valence-electron chi connectivity index (χ4n) is 5.19. The number of esters is 1. The number of carbonyl (C=O) groups is 2. The number of hydrogen-bond acceptors (Lipinski definition) is 6. The molecule has 1 amide bonds. The second-order valence-electron chi connectivity index (χ2n) is 9.45.